The van der Waals surface area contributed by atoms with Crippen molar-refractivity contribution in [1.29, 1.82) is 0 Å². The largest absolute Gasteiger partial charge is 0.435 e. The first-order valence-corrected chi connectivity index (χ1v) is 16.0. The van der Waals surface area contributed by atoms with Crippen LogP contribution in [0.2, 0.25) is 5.02 Å². The molecule has 10 nitrogen and oxygen atoms in total. The van der Waals surface area contributed by atoms with Crippen LogP contribution in [0.3, 0.4) is 0 Å². The maximum Gasteiger partial charge on any atom is 0.435 e. The topological polar surface area (TPSA) is 135 Å². The van der Waals surface area contributed by atoms with E-state index in [-0.39, 0.29) is 41.6 Å². The molecular formula is C28H32ClF4N7O3S. The summed E-state index contributed by atoms with van der Waals surface area (Å²) in [6.07, 6.45) is -0.803. The van der Waals surface area contributed by atoms with Gasteiger partial charge in [-0.2, -0.15) is 22.6 Å². The van der Waals surface area contributed by atoms with Crippen LogP contribution in [0.5, 0.6) is 0 Å². The molecule has 1 amide bonds. The summed E-state index contributed by atoms with van der Waals surface area (Å²) in [5, 5.41) is 9.92. The van der Waals surface area contributed by atoms with E-state index in [9.17, 15) is 26.4 Å². The molecule has 2 saturated heterocycles. The molecule has 2 aliphatic rings. The minimum atomic E-state index is -4.73. The van der Waals surface area contributed by atoms with E-state index in [0.717, 1.165) is 23.4 Å². The molecule has 5 unspecified atom stereocenters. The summed E-state index contributed by atoms with van der Waals surface area (Å²) >= 11 is 6.02. The number of carbonyl (C=O) groups is 1. The maximum atomic E-state index is 15.1. The number of hydrogen-bond donors (Lipinski definition) is 3. The van der Waals surface area contributed by atoms with Crippen LogP contribution in [0.15, 0.2) is 42.7 Å². The van der Waals surface area contributed by atoms with Crippen LogP contribution in [-0.4, -0.2) is 70.4 Å². The van der Waals surface area contributed by atoms with Crippen molar-refractivity contribution in [2.45, 2.75) is 55.9 Å². The molecule has 0 radical (unpaired) electrons. The average Bonchev–Trinajstić information content (AvgIpc) is 3.30. The van der Waals surface area contributed by atoms with Crippen LogP contribution in [0, 0.1) is 5.82 Å². The lowest BCUT2D eigenvalue weighted by molar-refractivity contribution is -0.141. The minimum Gasteiger partial charge on any atom is -0.323 e. The third-order valence-corrected chi connectivity index (χ3v) is 10.4. The number of sulfonamides is 1. The molecule has 5 atom stereocenters. The summed E-state index contributed by atoms with van der Waals surface area (Å²) in [6, 6.07) is 5.21. The van der Waals surface area contributed by atoms with E-state index < -0.39 is 51.6 Å². The number of pyridine rings is 1. The lowest BCUT2D eigenvalue weighted by atomic mass is 9.88. The predicted octanol–water partition coefficient (Wildman–Crippen LogP) is 3.42. The van der Waals surface area contributed by atoms with Crippen molar-refractivity contribution in [2.24, 2.45) is 12.8 Å². The van der Waals surface area contributed by atoms with Crippen LogP contribution in [-0.2, 0) is 34.5 Å². The number of amides is 1. The zero-order valence-corrected chi connectivity index (χ0v) is 25.3. The number of rotatable bonds is 8. The van der Waals surface area contributed by atoms with E-state index in [2.05, 4.69) is 20.7 Å². The summed E-state index contributed by atoms with van der Waals surface area (Å²) in [4.78, 5) is 17.4. The first kappa shape index (κ1) is 32.3. The Balaban J connectivity index is 1.39. The van der Waals surface area contributed by atoms with Crippen LogP contribution in [0.4, 0.5) is 23.2 Å². The Morgan fingerprint density at radius 3 is 2.66 bits per heavy atom. The monoisotopic (exact) mass is 657 g/mol. The predicted molar refractivity (Wildman–Crippen MR) is 156 cm³/mol. The quantitative estimate of drug-likeness (QED) is 0.316. The number of carbonyl (C=O) groups excluding carboxylic acids is 1. The summed E-state index contributed by atoms with van der Waals surface area (Å²) in [7, 11) is -2.14. The third kappa shape index (κ3) is 6.91. The molecule has 2 aromatic heterocycles. The molecule has 2 aliphatic heterocycles. The summed E-state index contributed by atoms with van der Waals surface area (Å²) in [5.74, 6) is -2.53. The number of aryl methyl sites for hydroxylation is 1. The highest BCUT2D eigenvalue weighted by molar-refractivity contribution is 7.89. The number of hydrogen-bond acceptors (Lipinski definition) is 7. The number of anilines is 1. The third-order valence-electron chi connectivity index (χ3n) is 8.17. The lowest BCUT2D eigenvalue weighted by Gasteiger charge is -2.37. The number of nitrogens with one attached hydrogen (secondary N) is 2. The van der Waals surface area contributed by atoms with Crippen molar-refractivity contribution < 1.29 is 30.8 Å². The van der Waals surface area contributed by atoms with Crippen LogP contribution >= 0.6 is 11.6 Å². The highest BCUT2D eigenvalue weighted by atomic mass is 35.5. The molecule has 0 saturated carbocycles. The molecule has 44 heavy (non-hydrogen) atoms. The molecule has 2 bridgehead atoms. The molecule has 16 heteroatoms. The highest BCUT2D eigenvalue weighted by Gasteiger charge is 2.39. The smallest absolute Gasteiger partial charge is 0.323 e. The van der Waals surface area contributed by atoms with Gasteiger partial charge in [-0.3, -0.25) is 14.5 Å². The second-order valence-electron chi connectivity index (χ2n) is 11.1. The summed E-state index contributed by atoms with van der Waals surface area (Å²) in [6.45, 7) is 0.761. The van der Waals surface area contributed by atoms with Gasteiger partial charge in [-0.1, -0.05) is 23.7 Å². The fraction of sp³-hybridized carbons (Fsp3) is 0.464. The van der Waals surface area contributed by atoms with Gasteiger partial charge in [0, 0.05) is 48.5 Å². The molecule has 4 N–H and O–H groups in total. The van der Waals surface area contributed by atoms with Crippen molar-refractivity contribution in [3.05, 3.63) is 76.1 Å². The molecule has 0 spiro atoms. The van der Waals surface area contributed by atoms with E-state index in [1.54, 1.807) is 12.1 Å². The number of benzene rings is 1. The van der Waals surface area contributed by atoms with Crippen molar-refractivity contribution in [3.63, 3.8) is 0 Å². The number of piperazine rings is 1. The summed E-state index contributed by atoms with van der Waals surface area (Å²) in [5.41, 5.74) is 5.85. The van der Waals surface area contributed by atoms with E-state index >= 15 is 4.39 Å². The number of halogens is 5. The van der Waals surface area contributed by atoms with Gasteiger partial charge in [0.2, 0.25) is 15.9 Å². The SMILES string of the molecule is Cn1nc(C(F)(F)F)cc1C(c1ccc(Cl)cc1)C(N)C(=O)Nc1cncc(F)c1CCC1CNC2CCCS(=O)(=O)N1C2. The lowest BCUT2D eigenvalue weighted by Crippen LogP contribution is -2.57. The molecule has 0 aliphatic carbocycles. The standard InChI is InChI=1S/C28H32ClF4N7O3S/c1-39-23(11-24(38-39)28(31,32)33)25(16-4-6-17(29)7-5-16)26(34)27(41)37-22-14-35-13-21(30)20(22)9-8-19-12-36-18-3-2-10-44(42,43)40(19)15-18/h4-7,11,13-14,18-19,25-26,36H,2-3,8-10,12,15,34H2,1H3,(H,37,41). The Bertz CT molecular complexity index is 1620. The Morgan fingerprint density at radius 1 is 1.25 bits per heavy atom. The fourth-order valence-corrected chi connectivity index (χ4v) is 7.82. The Morgan fingerprint density at radius 2 is 1.98 bits per heavy atom. The second-order valence-corrected chi connectivity index (χ2v) is 13.6. The fourth-order valence-electron chi connectivity index (χ4n) is 5.89. The first-order chi connectivity index (χ1) is 20.7. The number of fused-ring (bicyclic) bond motifs is 2. The van der Waals surface area contributed by atoms with Gasteiger partial charge >= 0.3 is 6.18 Å². The van der Waals surface area contributed by atoms with Gasteiger partial charge in [0.05, 0.1) is 35.8 Å². The van der Waals surface area contributed by atoms with Gasteiger partial charge in [0.15, 0.2) is 5.69 Å². The van der Waals surface area contributed by atoms with Crippen LogP contribution in [0.25, 0.3) is 0 Å². The van der Waals surface area contributed by atoms with Gasteiger partial charge in [0.25, 0.3) is 0 Å². The number of alkyl halides is 3. The van der Waals surface area contributed by atoms with E-state index in [0.29, 0.717) is 30.1 Å². The number of nitrogens with two attached hydrogens (primary N) is 1. The van der Waals surface area contributed by atoms with E-state index in [1.165, 1.54) is 29.7 Å². The molecule has 238 valence electrons. The van der Waals surface area contributed by atoms with Gasteiger partial charge in [-0.05, 0) is 49.4 Å². The number of nitrogens with zero attached hydrogens (tertiary/aromatic N) is 4. The minimum absolute atomic E-state index is 0.0293. The molecule has 5 rings (SSSR count). The van der Waals surface area contributed by atoms with Gasteiger partial charge in [-0.25, -0.2) is 12.8 Å². The maximum absolute atomic E-state index is 15.1. The molecule has 2 fully saturated rings. The van der Waals surface area contributed by atoms with Crippen LogP contribution in [0.1, 0.15) is 47.7 Å². The Hall–Kier alpha value is -3.11. The van der Waals surface area contributed by atoms with E-state index in [4.69, 9.17) is 17.3 Å². The van der Waals surface area contributed by atoms with Crippen molar-refractivity contribution in [2.75, 3.05) is 24.2 Å². The zero-order valence-electron chi connectivity index (χ0n) is 23.7. The first-order valence-electron chi connectivity index (χ1n) is 14.0. The van der Waals surface area contributed by atoms with Crippen molar-refractivity contribution >= 4 is 33.2 Å². The van der Waals surface area contributed by atoms with Crippen molar-refractivity contribution in [1.82, 2.24) is 24.4 Å². The highest BCUT2D eigenvalue weighted by Crippen LogP contribution is 2.35. The molecular weight excluding hydrogens is 626 g/mol. The zero-order chi connectivity index (χ0) is 31.8. The number of aromatic nitrogens is 3. The Kier molecular flexibility index (Phi) is 9.33. The molecule has 1 aromatic carbocycles. The summed E-state index contributed by atoms with van der Waals surface area (Å²) < 4.78 is 83.8. The van der Waals surface area contributed by atoms with Gasteiger partial charge in [0.1, 0.15) is 5.82 Å². The molecule has 3 aromatic rings. The van der Waals surface area contributed by atoms with Crippen LogP contribution < -0.4 is 16.4 Å². The average molecular weight is 658 g/mol. The second kappa shape index (κ2) is 12.7. The normalized spacial score (nSPS) is 23.0. The Labute approximate surface area is 257 Å². The van der Waals surface area contributed by atoms with Crippen molar-refractivity contribution in [3.8, 4) is 0 Å². The van der Waals surface area contributed by atoms with E-state index in [1.807, 2.05) is 0 Å². The molecule has 4 heterocycles. The van der Waals surface area contributed by atoms with Gasteiger partial charge < -0.3 is 16.4 Å². The van der Waals surface area contributed by atoms with Gasteiger partial charge in [-0.15, -0.1) is 0 Å².